The average molecular weight is 366 g/mol. The molecule has 1 aromatic heterocycles. The monoisotopic (exact) mass is 365 g/mol. The van der Waals surface area contributed by atoms with E-state index < -0.39 is 5.60 Å². The molecule has 2 aromatic rings. The lowest BCUT2D eigenvalue weighted by molar-refractivity contribution is 0.00653. The molecule has 3 nitrogen and oxygen atoms in total. The van der Waals surface area contributed by atoms with E-state index in [9.17, 15) is 5.11 Å². The summed E-state index contributed by atoms with van der Waals surface area (Å²) in [6.45, 7) is 6.53. The number of halogens is 2. The van der Waals surface area contributed by atoms with Crippen molar-refractivity contribution in [2.24, 2.45) is 0 Å². The van der Waals surface area contributed by atoms with Crippen LogP contribution in [0.15, 0.2) is 55.1 Å². The molecule has 0 aliphatic heterocycles. The van der Waals surface area contributed by atoms with Gasteiger partial charge in [0.25, 0.3) is 0 Å². The van der Waals surface area contributed by atoms with Gasteiger partial charge in [-0.15, -0.1) is 0 Å². The van der Waals surface area contributed by atoms with Gasteiger partial charge in [0.15, 0.2) is 5.60 Å². The Labute approximate surface area is 152 Å². The van der Waals surface area contributed by atoms with Gasteiger partial charge in [-0.2, -0.15) is 0 Å². The van der Waals surface area contributed by atoms with Gasteiger partial charge in [0.05, 0.1) is 6.61 Å². The third-order valence-electron chi connectivity index (χ3n) is 3.84. The van der Waals surface area contributed by atoms with Crippen LogP contribution in [-0.4, -0.2) is 16.7 Å². The van der Waals surface area contributed by atoms with Crippen molar-refractivity contribution in [1.29, 1.82) is 0 Å². The Morgan fingerprint density at radius 3 is 2.75 bits per heavy atom. The van der Waals surface area contributed by atoms with E-state index in [0.717, 1.165) is 18.4 Å². The summed E-state index contributed by atoms with van der Waals surface area (Å²) >= 11 is 12.2. The third-order valence-corrected chi connectivity index (χ3v) is 4.42. The average Bonchev–Trinajstić information content (AvgIpc) is 2.58. The summed E-state index contributed by atoms with van der Waals surface area (Å²) < 4.78 is 5.70. The number of aromatic nitrogens is 1. The summed E-state index contributed by atoms with van der Waals surface area (Å²) in [5.74, 6) is 0.287. The van der Waals surface area contributed by atoms with Gasteiger partial charge in [0.1, 0.15) is 5.76 Å². The van der Waals surface area contributed by atoms with E-state index in [4.69, 9.17) is 27.9 Å². The molecule has 0 radical (unpaired) electrons. The van der Waals surface area contributed by atoms with Gasteiger partial charge in [0.2, 0.25) is 0 Å². The zero-order chi connectivity index (χ0) is 17.6. The number of unbranched alkanes of at least 4 members (excludes halogenated alkanes) is 1. The second-order valence-corrected chi connectivity index (χ2v) is 6.48. The Morgan fingerprint density at radius 2 is 2.12 bits per heavy atom. The Hall–Kier alpha value is -1.55. The van der Waals surface area contributed by atoms with E-state index in [1.165, 1.54) is 0 Å². The molecule has 0 aliphatic rings. The molecule has 0 aliphatic carbocycles. The first-order valence-corrected chi connectivity index (χ1v) is 8.62. The molecular formula is C19H21Cl2NO2. The van der Waals surface area contributed by atoms with Crippen molar-refractivity contribution in [2.75, 3.05) is 6.61 Å². The van der Waals surface area contributed by atoms with Gasteiger partial charge in [-0.05, 0) is 30.2 Å². The first-order valence-electron chi connectivity index (χ1n) is 7.86. The lowest BCUT2D eigenvalue weighted by Crippen LogP contribution is -2.32. The molecule has 0 amide bonds. The van der Waals surface area contributed by atoms with Crippen LogP contribution in [-0.2, 0) is 16.8 Å². The van der Waals surface area contributed by atoms with Crippen molar-refractivity contribution in [1.82, 2.24) is 4.98 Å². The van der Waals surface area contributed by atoms with E-state index in [-0.39, 0.29) is 12.2 Å². The normalized spacial score (nSPS) is 13.3. The highest BCUT2D eigenvalue weighted by Crippen LogP contribution is 2.35. The number of benzene rings is 1. The Morgan fingerprint density at radius 1 is 1.33 bits per heavy atom. The Balaban J connectivity index is 2.34. The molecule has 24 heavy (non-hydrogen) atoms. The molecule has 1 unspecified atom stereocenters. The molecule has 0 saturated carbocycles. The molecule has 1 atom stereocenters. The molecule has 0 bridgehead atoms. The van der Waals surface area contributed by atoms with Crippen molar-refractivity contribution >= 4 is 23.2 Å². The topological polar surface area (TPSA) is 42.4 Å². The second-order valence-electron chi connectivity index (χ2n) is 5.64. The second kappa shape index (κ2) is 8.52. The molecule has 0 fully saturated rings. The van der Waals surface area contributed by atoms with Crippen LogP contribution in [0.25, 0.3) is 0 Å². The number of pyridine rings is 1. The van der Waals surface area contributed by atoms with Crippen LogP contribution >= 0.6 is 23.2 Å². The van der Waals surface area contributed by atoms with E-state index in [1.807, 2.05) is 0 Å². The van der Waals surface area contributed by atoms with E-state index >= 15 is 0 Å². The van der Waals surface area contributed by atoms with E-state index in [2.05, 4.69) is 18.5 Å². The standard InChI is InChI=1S/C19H21Cl2NO2/c1-3-4-10-24-14(2)19(23,16-6-5-9-22-13-16)12-15-7-8-17(20)11-18(15)21/h5-9,11,13,23H,2-4,10,12H2,1H3. The van der Waals surface area contributed by atoms with Crippen LogP contribution in [0.5, 0.6) is 0 Å². The van der Waals surface area contributed by atoms with Gasteiger partial charge >= 0.3 is 0 Å². The maximum Gasteiger partial charge on any atom is 0.151 e. The molecule has 1 aromatic carbocycles. The van der Waals surface area contributed by atoms with Crippen LogP contribution < -0.4 is 0 Å². The van der Waals surface area contributed by atoms with E-state index in [1.54, 1.807) is 42.7 Å². The molecule has 128 valence electrons. The molecule has 1 heterocycles. The molecular weight excluding hydrogens is 345 g/mol. The first-order chi connectivity index (χ1) is 11.5. The summed E-state index contributed by atoms with van der Waals surface area (Å²) in [4.78, 5) is 4.10. The minimum Gasteiger partial charge on any atom is -0.495 e. The number of ether oxygens (including phenoxy) is 1. The predicted molar refractivity (Wildman–Crippen MR) is 98.3 cm³/mol. The van der Waals surface area contributed by atoms with Crippen molar-refractivity contribution in [3.8, 4) is 0 Å². The maximum absolute atomic E-state index is 11.3. The fraction of sp³-hybridized carbons (Fsp3) is 0.316. The van der Waals surface area contributed by atoms with Crippen molar-refractivity contribution < 1.29 is 9.84 Å². The largest absolute Gasteiger partial charge is 0.495 e. The highest BCUT2D eigenvalue weighted by molar-refractivity contribution is 6.35. The number of aliphatic hydroxyl groups is 1. The summed E-state index contributed by atoms with van der Waals surface area (Å²) in [6.07, 6.45) is 5.38. The van der Waals surface area contributed by atoms with Crippen molar-refractivity contribution in [2.45, 2.75) is 31.8 Å². The summed E-state index contributed by atoms with van der Waals surface area (Å²) in [7, 11) is 0. The van der Waals surface area contributed by atoms with Gasteiger partial charge in [-0.25, -0.2) is 0 Å². The SMILES string of the molecule is C=C(OCCCC)C(O)(Cc1ccc(Cl)cc1Cl)c1cccnc1. The highest BCUT2D eigenvalue weighted by Gasteiger charge is 2.35. The summed E-state index contributed by atoms with van der Waals surface area (Å²) in [5, 5.41) is 12.4. The minimum atomic E-state index is -1.42. The van der Waals surface area contributed by atoms with Crippen LogP contribution in [0.3, 0.4) is 0 Å². The van der Waals surface area contributed by atoms with Gasteiger partial charge < -0.3 is 9.84 Å². The fourth-order valence-electron chi connectivity index (χ4n) is 2.37. The zero-order valence-corrected chi connectivity index (χ0v) is 15.1. The smallest absolute Gasteiger partial charge is 0.151 e. The third kappa shape index (κ3) is 4.50. The number of hydrogen-bond acceptors (Lipinski definition) is 3. The maximum atomic E-state index is 11.3. The van der Waals surface area contributed by atoms with E-state index in [0.29, 0.717) is 22.2 Å². The van der Waals surface area contributed by atoms with Crippen LogP contribution in [0.2, 0.25) is 10.0 Å². The van der Waals surface area contributed by atoms with Gasteiger partial charge in [-0.1, -0.05) is 55.3 Å². The fourth-order valence-corrected chi connectivity index (χ4v) is 2.84. The summed E-state index contributed by atoms with van der Waals surface area (Å²) in [5.41, 5.74) is -0.0513. The van der Waals surface area contributed by atoms with Crippen LogP contribution in [0.4, 0.5) is 0 Å². The molecule has 1 N–H and O–H groups in total. The zero-order valence-electron chi connectivity index (χ0n) is 13.6. The first kappa shape index (κ1) is 18.8. The molecule has 2 rings (SSSR count). The number of rotatable bonds is 8. The molecule has 0 spiro atoms. The van der Waals surface area contributed by atoms with Gasteiger partial charge in [0, 0.05) is 34.4 Å². The van der Waals surface area contributed by atoms with Crippen molar-refractivity contribution in [3.63, 3.8) is 0 Å². The lowest BCUT2D eigenvalue weighted by Gasteiger charge is -2.31. The quantitative estimate of drug-likeness (QED) is 0.519. The number of hydrogen-bond donors (Lipinski definition) is 1. The number of nitrogens with zero attached hydrogens (tertiary/aromatic N) is 1. The van der Waals surface area contributed by atoms with Crippen LogP contribution in [0.1, 0.15) is 30.9 Å². The molecule has 0 saturated heterocycles. The highest BCUT2D eigenvalue weighted by atomic mass is 35.5. The predicted octanol–water partition coefficient (Wildman–Crippen LogP) is 5.15. The lowest BCUT2D eigenvalue weighted by atomic mass is 9.86. The molecule has 5 heteroatoms. The van der Waals surface area contributed by atoms with Gasteiger partial charge in [-0.3, -0.25) is 4.98 Å². The van der Waals surface area contributed by atoms with Crippen molar-refractivity contribution in [3.05, 3.63) is 76.2 Å². The Kier molecular flexibility index (Phi) is 6.67. The minimum absolute atomic E-state index is 0.222. The van der Waals surface area contributed by atoms with Crippen LogP contribution in [0, 0.1) is 0 Å². The summed E-state index contributed by atoms with van der Waals surface area (Å²) in [6, 6.07) is 8.76. The Bertz CT molecular complexity index is 691.